The van der Waals surface area contributed by atoms with E-state index in [0.717, 1.165) is 15.1 Å². The maximum atomic E-state index is 9.30. The molecule has 4 heteroatoms. The van der Waals surface area contributed by atoms with Crippen molar-refractivity contribution >= 4 is 33.0 Å². The zero-order valence-electron chi connectivity index (χ0n) is 7.58. The molecule has 1 aromatic carbocycles. The lowest BCUT2D eigenvalue weighted by molar-refractivity contribution is 0.351. The van der Waals surface area contributed by atoms with Gasteiger partial charge in [-0.2, -0.15) is 0 Å². The molecular formula is C10H9ClO2S. The highest BCUT2D eigenvalue weighted by atomic mass is 35.5. The number of thiophene rings is 1. The summed E-state index contributed by atoms with van der Waals surface area (Å²) in [5, 5.41) is 11.4. The highest BCUT2D eigenvalue weighted by Gasteiger charge is 2.11. The molecule has 0 amide bonds. The number of aromatic hydroxyl groups is 1. The molecule has 74 valence electrons. The maximum Gasteiger partial charge on any atom is 0.193 e. The first-order valence-corrected chi connectivity index (χ1v) is 5.45. The van der Waals surface area contributed by atoms with Crippen molar-refractivity contribution < 1.29 is 9.84 Å². The molecule has 0 saturated carbocycles. The quantitative estimate of drug-likeness (QED) is 0.850. The summed E-state index contributed by atoms with van der Waals surface area (Å²) in [7, 11) is 0. The van der Waals surface area contributed by atoms with Gasteiger partial charge >= 0.3 is 0 Å². The predicted octanol–water partition coefficient (Wildman–Crippen LogP) is 3.66. The Balaban J connectivity index is 2.62. The first-order valence-electron chi connectivity index (χ1n) is 4.26. The van der Waals surface area contributed by atoms with Gasteiger partial charge in [-0.15, -0.1) is 0 Å². The minimum absolute atomic E-state index is 0.222. The summed E-state index contributed by atoms with van der Waals surface area (Å²) in [6.45, 7) is 2.51. The molecular weight excluding hydrogens is 220 g/mol. The lowest BCUT2D eigenvalue weighted by Gasteiger charge is -1.97. The van der Waals surface area contributed by atoms with Gasteiger partial charge in [-0.1, -0.05) is 22.9 Å². The average molecular weight is 229 g/mol. The smallest absolute Gasteiger partial charge is 0.193 e. The largest absolute Gasteiger partial charge is 0.508 e. The van der Waals surface area contributed by atoms with E-state index < -0.39 is 0 Å². The van der Waals surface area contributed by atoms with E-state index in [0.29, 0.717) is 11.6 Å². The number of phenolic OH excluding ortho intramolecular Hbond substituents is 1. The van der Waals surface area contributed by atoms with E-state index in [4.69, 9.17) is 16.3 Å². The van der Waals surface area contributed by atoms with E-state index in [2.05, 4.69) is 0 Å². The first kappa shape index (κ1) is 9.62. The molecule has 0 unspecified atom stereocenters. The summed E-state index contributed by atoms with van der Waals surface area (Å²) in [4.78, 5) is 0. The van der Waals surface area contributed by atoms with Crippen LogP contribution in [0.3, 0.4) is 0 Å². The van der Waals surface area contributed by atoms with Crippen molar-refractivity contribution in [2.75, 3.05) is 6.61 Å². The first-order chi connectivity index (χ1) is 6.72. The Labute approximate surface area is 90.7 Å². The zero-order valence-corrected chi connectivity index (χ0v) is 9.15. The number of rotatable bonds is 2. The number of phenols is 1. The maximum absolute atomic E-state index is 9.30. The number of fused-ring (bicyclic) bond motifs is 1. The number of benzene rings is 1. The number of hydrogen-bond donors (Lipinski definition) is 1. The number of halogens is 1. The van der Waals surface area contributed by atoms with Crippen LogP contribution >= 0.6 is 22.9 Å². The monoisotopic (exact) mass is 228 g/mol. The van der Waals surface area contributed by atoms with Gasteiger partial charge in [-0.3, -0.25) is 0 Å². The van der Waals surface area contributed by atoms with Gasteiger partial charge < -0.3 is 9.84 Å². The van der Waals surface area contributed by atoms with Crippen LogP contribution in [0.15, 0.2) is 18.2 Å². The highest BCUT2D eigenvalue weighted by molar-refractivity contribution is 7.21. The fraction of sp³-hybridized carbons (Fsp3) is 0.200. The van der Waals surface area contributed by atoms with E-state index >= 15 is 0 Å². The Morgan fingerprint density at radius 1 is 1.50 bits per heavy atom. The van der Waals surface area contributed by atoms with Gasteiger partial charge in [0.15, 0.2) is 5.06 Å². The van der Waals surface area contributed by atoms with E-state index in [1.165, 1.54) is 11.3 Å². The van der Waals surface area contributed by atoms with Gasteiger partial charge in [0.2, 0.25) is 0 Å². The van der Waals surface area contributed by atoms with Crippen molar-refractivity contribution in [2.24, 2.45) is 0 Å². The molecule has 1 N–H and O–H groups in total. The van der Waals surface area contributed by atoms with Gasteiger partial charge in [0.05, 0.1) is 6.61 Å². The Morgan fingerprint density at radius 2 is 2.29 bits per heavy atom. The molecule has 1 heterocycles. The normalized spacial score (nSPS) is 10.7. The standard InChI is InChI=1S/C10H9ClO2S/c1-2-13-10-9(11)7-5-6(12)3-4-8(7)14-10/h3-5,12H,2H2,1H3. The van der Waals surface area contributed by atoms with Gasteiger partial charge in [0, 0.05) is 10.1 Å². The van der Waals surface area contributed by atoms with Crippen molar-refractivity contribution in [3.05, 3.63) is 23.2 Å². The second kappa shape index (κ2) is 3.67. The molecule has 2 rings (SSSR count). The molecule has 1 aromatic heterocycles. The molecule has 0 fully saturated rings. The Bertz CT molecular complexity index is 464. The van der Waals surface area contributed by atoms with Crippen molar-refractivity contribution in [3.8, 4) is 10.8 Å². The molecule has 2 aromatic rings. The van der Waals surface area contributed by atoms with Crippen molar-refractivity contribution in [3.63, 3.8) is 0 Å². The molecule has 14 heavy (non-hydrogen) atoms. The van der Waals surface area contributed by atoms with Crippen LogP contribution in [0.25, 0.3) is 10.1 Å². The molecule has 0 aliphatic rings. The van der Waals surface area contributed by atoms with E-state index in [1.54, 1.807) is 12.1 Å². The van der Waals surface area contributed by atoms with Crippen LogP contribution in [-0.4, -0.2) is 11.7 Å². The second-order valence-electron chi connectivity index (χ2n) is 2.82. The zero-order chi connectivity index (χ0) is 10.1. The third-order valence-corrected chi connectivity index (χ3v) is 3.43. The van der Waals surface area contributed by atoms with Gasteiger partial charge in [0.25, 0.3) is 0 Å². The summed E-state index contributed by atoms with van der Waals surface area (Å²) in [5.74, 6) is 0.222. The molecule has 0 bridgehead atoms. The molecule has 0 aliphatic carbocycles. The summed E-state index contributed by atoms with van der Waals surface area (Å²) in [6, 6.07) is 5.13. The van der Waals surface area contributed by atoms with Gasteiger partial charge in [-0.05, 0) is 25.1 Å². The topological polar surface area (TPSA) is 29.5 Å². The second-order valence-corrected chi connectivity index (χ2v) is 4.21. The molecule has 0 aliphatic heterocycles. The lowest BCUT2D eigenvalue weighted by Crippen LogP contribution is -1.87. The van der Waals surface area contributed by atoms with Crippen LogP contribution in [0.5, 0.6) is 10.8 Å². The molecule has 0 atom stereocenters. The number of ether oxygens (including phenoxy) is 1. The third-order valence-electron chi connectivity index (χ3n) is 1.86. The predicted molar refractivity (Wildman–Crippen MR) is 59.7 cm³/mol. The van der Waals surface area contributed by atoms with Crippen molar-refractivity contribution in [1.29, 1.82) is 0 Å². The van der Waals surface area contributed by atoms with Gasteiger partial charge in [0.1, 0.15) is 10.8 Å². The summed E-state index contributed by atoms with van der Waals surface area (Å²) in [6.07, 6.45) is 0. The van der Waals surface area contributed by atoms with Crippen LogP contribution in [0.2, 0.25) is 5.02 Å². The van der Waals surface area contributed by atoms with Crippen molar-refractivity contribution in [1.82, 2.24) is 0 Å². The van der Waals surface area contributed by atoms with Crippen molar-refractivity contribution in [2.45, 2.75) is 6.92 Å². The molecule has 2 nitrogen and oxygen atoms in total. The SMILES string of the molecule is CCOc1sc2ccc(O)cc2c1Cl. The van der Waals surface area contributed by atoms with Crippen LogP contribution in [0, 0.1) is 0 Å². The van der Waals surface area contributed by atoms with E-state index in [9.17, 15) is 5.11 Å². The van der Waals surface area contributed by atoms with E-state index in [-0.39, 0.29) is 5.75 Å². The lowest BCUT2D eigenvalue weighted by atomic mass is 10.2. The Kier molecular flexibility index (Phi) is 2.52. The Morgan fingerprint density at radius 3 is 3.00 bits per heavy atom. The van der Waals surface area contributed by atoms with Gasteiger partial charge in [-0.25, -0.2) is 0 Å². The fourth-order valence-corrected chi connectivity index (χ4v) is 2.62. The summed E-state index contributed by atoms with van der Waals surface area (Å²) < 4.78 is 6.39. The summed E-state index contributed by atoms with van der Waals surface area (Å²) in [5.41, 5.74) is 0. The average Bonchev–Trinajstić information content (AvgIpc) is 2.46. The van der Waals surface area contributed by atoms with Crippen LogP contribution in [0.1, 0.15) is 6.92 Å². The Hall–Kier alpha value is -0.930. The van der Waals surface area contributed by atoms with Crippen LogP contribution < -0.4 is 4.74 Å². The minimum Gasteiger partial charge on any atom is -0.508 e. The fourth-order valence-electron chi connectivity index (χ4n) is 1.26. The molecule has 0 spiro atoms. The third kappa shape index (κ3) is 1.53. The number of hydrogen-bond acceptors (Lipinski definition) is 3. The molecule has 0 radical (unpaired) electrons. The highest BCUT2D eigenvalue weighted by Crippen LogP contribution is 2.42. The van der Waals surface area contributed by atoms with Crippen LogP contribution in [0.4, 0.5) is 0 Å². The minimum atomic E-state index is 0.222. The van der Waals surface area contributed by atoms with E-state index in [1.807, 2.05) is 13.0 Å². The molecule has 0 saturated heterocycles. The summed E-state index contributed by atoms with van der Waals surface area (Å²) >= 11 is 7.57. The van der Waals surface area contributed by atoms with Crippen LogP contribution in [-0.2, 0) is 0 Å².